The van der Waals surface area contributed by atoms with E-state index in [1.165, 1.54) is 5.56 Å². The quantitative estimate of drug-likeness (QED) is 0.886. The molecular weight excluding hydrogens is 254 g/mol. The number of aromatic hydroxyl groups is 1. The lowest BCUT2D eigenvalue weighted by atomic mass is 9.94. The standard InChI is InChI=1S/C12H18BrNO/c1-7(2)9-4-10(8(3)6-14)12(15)11(13)5-9/h4-5,7-8,15H,6,14H2,1-3H3. The molecule has 0 fully saturated rings. The first kappa shape index (κ1) is 12.5. The van der Waals surface area contributed by atoms with Gasteiger partial charge in [-0.2, -0.15) is 0 Å². The number of benzene rings is 1. The molecule has 1 aromatic rings. The van der Waals surface area contributed by atoms with Gasteiger partial charge in [0.1, 0.15) is 5.75 Å². The van der Waals surface area contributed by atoms with Crippen molar-refractivity contribution in [3.05, 3.63) is 27.7 Å². The van der Waals surface area contributed by atoms with E-state index in [1.54, 1.807) is 0 Å². The van der Waals surface area contributed by atoms with E-state index >= 15 is 0 Å². The predicted octanol–water partition coefficient (Wildman–Crippen LogP) is 3.34. The Bertz CT molecular complexity index is 350. The molecule has 3 N–H and O–H groups in total. The van der Waals surface area contributed by atoms with Crippen LogP contribution in [0.25, 0.3) is 0 Å². The molecule has 0 radical (unpaired) electrons. The van der Waals surface area contributed by atoms with Crippen LogP contribution >= 0.6 is 15.9 Å². The highest BCUT2D eigenvalue weighted by molar-refractivity contribution is 9.10. The number of rotatable bonds is 3. The third-order valence-electron chi connectivity index (χ3n) is 2.67. The first-order valence-corrected chi connectivity index (χ1v) is 5.99. The average molecular weight is 272 g/mol. The van der Waals surface area contributed by atoms with Gasteiger partial charge in [0.15, 0.2) is 0 Å². The lowest BCUT2D eigenvalue weighted by Gasteiger charge is -2.16. The van der Waals surface area contributed by atoms with Gasteiger partial charge in [-0.3, -0.25) is 0 Å². The van der Waals surface area contributed by atoms with Gasteiger partial charge in [-0.25, -0.2) is 0 Å². The van der Waals surface area contributed by atoms with Gasteiger partial charge in [-0.1, -0.05) is 26.8 Å². The molecule has 0 saturated heterocycles. The molecule has 1 aromatic carbocycles. The first-order valence-electron chi connectivity index (χ1n) is 5.19. The van der Waals surface area contributed by atoms with Crippen LogP contribution in [0, 0.1) is 0 Å². The highest BCUT2D eigenvalue weighted by Gasteiger charge is 2.14. The smallest absolute Gasteiger partial charge is 0.133 e. The van der Waals surface area contributed by atoms with E-state index < -0.39 is 0 Å². The summed E-state index contributed by atoms with van der Waals surface area (Å²) >= 11 is 3.37. The van der Waals surface area contributed by atoms with Crippen molar-refractivity contribution in [2.24, 2.45) is 5.73 Å². The van der Waals surface area contributed by atoms with Crippen molar-refractivity contribution >= 4 is 15.9 Å². The fraction of sp³-hybridized carbons (Fsp3) is 0.500. The fourth-order valence-electron chi connectivity index (χ4n) is 1.48. The van der Waals surface area contributed by atoms with Gasteiger partial charge in [0.25, 0.3) is 0 Å². The maximum atomic E-state index is 9.90. The number of halogens is 1. The molecular formula is C12H18BrNO. The summed E-state index contributed by atoms with van der Waals surface area (Å²) in [5.74, 6) is 0.947. The molecule has 0 saturated carbocycles. The van der Waals surface area contributed by atoms with Crippen LogP contribution in [0.2, 0.25) is 0 Å². The highest BCUT2D eigenvalue weighted by Crippen LogP contribution is 2.35. The fourth-order valence-corrected chi connectivity index (χ4v) is 1.97. The topological polar surface area (TPSA) is 46.2 Å². The van der Waals surface area contributed by atoms with Crippen molar-refractivity contribution in [3.8, 4) is 5.75 Å². The zero-order valence-electron chi connectivity index (χ0n) is 9.42. The van der Waals surface area contributed by atoms with E-state index in [9.17, 15) is 5.11 Å². The monoisotopic (exact) mass is 271 g/mol. The Labute approximate surface area is 99.6 Å². The van der Waals surface area contributed by atoms with Gasteiger partial charge in [0, 0.05) is 0 Å². The Morgan fingerprint density at radius 3 is 2.40 bits per heavy atom. The number of hydrogen-bond acceptors (Lipinski definition) is 2. The van der Waals surface area contributed by atoms with Crippen molar-refractivity contribution in [1.29, 1.82) is 0 Å². The summed E-state index contributed by atoms with van der Waals surface area (Å²) in [6.45, 7) is 6.83. The third-order valence-corrected chi connectivity index (χ3v) is 3.27. The molecule has 15 heavy (non-hydrogen) atoms. The Kier molecular flexibility index (Phi) is 4.17. The van der Waals surface area contributed by atoms with Gasteiger partial charge in [0.05, 0.1) is 4.47 Å². The predicted molar refractivity (Wildman–Crippen MR) is 67.4 cm³/mol. The van der Waals surface area contributed by atoms with Crippen LogP contribution in [-0.4, -0.2) is 11.7 Å². The Balaban J connectivity index is 3.25. The van der Waals surface area contributed by atoms with Crippen LogP contribution in [0.15, 0.2) is 16.6 Å². The minimum Gasteiger partial charge on any atom is -0.506 e. The van der Waals surface area contributed by atoms with Crippen LogP contribution < -0.4 is 5.73 Å². The maximum Gasteiger partial charge on any atom is 0.133 e. The molecule has 0 amide bonds. The molecule has 0 spiro atoms. The van der Waals surface area contributed by atoms with Gasteiger partial charge in [0.2, 0.25) is 0 Å². The second-order valence-corrected chi connectivity index (χ2v) is 5.09. The van der Waals surface area contributed by atoms with Crippen molar-refractivity contribution in [3.63, 3.8) is 0 Å². The summed E-state index contributed by atoms with van der Waals surface area (Å²) in [6.07, 6.45) is 0. The van der Waals surface area contributed by atoms with Crippen molar-refractivity contribution in [1.82, 2.24) is 0 Å². The third kappa shape index (κ3) is 2.73. The average Bonchev–Trinajstić information content (AvgIpc) is 2.20. The summed E-state index contributed by atoms with van der Waals surface area (Å²) in [5.41, 5.74) is 7.77. The molecule has 0 aliphatic rings. The molecule has 1 atom stereocenters. The summed E-state index contributed by atoms with van der Waals surface area (Å²) in [5, 5.41) is 9.90. The lowest BCUT2D eigenvalue weighted by Crippen LogP contribution is -2.09. The Hall–Kier alpha value is -0.540. The molecule has 1 unspecified atom stereocenters. The van der Waals surface area contributed by atoms with Crippen LogP contribution in [-0.2, 0) is 0 Å². The van der Waals surface area contributed by atoms with Crippen LogP contribution in [0.1, 0.15) is 43.7 Å². The maximum absolute atomic E-state index is 9.90. The summed E-state index contributed by atoms with van der Waals surface area (Å²) in [4.78, 5) is 0. The van der Waals surface area contributed by atoms with Gasteiger partial charge in [-0.15, -0.1) is 0 Å². The van der Waals surface area contributed by atoms with Crippen LogP contribution in [0.3, 0.4) is 0 Å². The van der Waals surface area contributed by atoms with E-state index in [4.69, 9.17) is 5.73 Å². The van der Waals surface area contributed by atoms with Crippen molar-refractivity contribution in [2.75, 3.05) is 6.54 Å². The largest absolute Gasteiger partial charge is 0.506 e. The number of phenolic OH excluding ortho intramolecular Hbond substituents is 1. The Morgan fingerprint density at radius 1 is 1.33 bits per heavy atom. The molecule has 0 bridgehead atoms. The molecule has 84 valence electrons. The zero-order chi connectivity index (χ0) is 11.6. The molecule has 1 rings (SSSR count). The molecule has 0 aliphatic heterocycles. The molecule has 0 aliphatic carbocycles. The first-order chi connectivity index (χ1) is 6.97. The normalized spacial score (nSPS) is 13.2. The van der Waals surface area contributed by atoms with Gasteiger partial charge in [-0.05, 0) is 51.5 Å². The van der Waals surface area contributed by atoms with Gasteiger partial charge >= 0.3 is 0 Å². The van der Waals surface area contributed by atoms with Crippen molar-refractivity contribution < 1.29 is 5.11 Å². The molecule has 0 aromatic heterocycles. The molecule has 3 heteroatoms. The SMILES string of the molecule is CC(C)c1cc(Br)c(O)c(C(C)CN)c1. The number of nitrogens with two attached hydrogens (primary N) is 1. The number of hydrogen-bond donors (Lipinski definition) is 2. The van der Waals surface area contributed by atoms with E-state index in [-0.39, 0.29) is 5.92 Å². The summed E-state index contributed by atoms with van der Waals surface area (Å²) in [7, 11) is 0. The van der Waals surface area contributed by atoms with E-state index in [0.717, 1.165) is 10.0 Å². The second kappa shape index (κ2) is 4.99. The highest BCUT2D eigenvalue weighted by atomic mass is 79.9. The van der Waals surface area contributed by atoms with E-state index in [0.29, 0.717) is 18.2 Å². The van der Waals surface area contributed by atoms with E-state index in [1.807, 2.05) is 19.1 Å². The summed E-state index contributed by atoms with van der Waals surface area (Å²) < 4.78 is 0.754. The van der Waals surface area contributed by atoms with Gasteiger partial charge < -0.3 is 10.8 Å². The van der Waals surface area contributed by atoms with Crippen molar-refractivity contribution in [2.45, 2.75) is 32.6 Å². The Morgan fingerprint density at radius 2 is 1.93 bits per heavy atom. The van der Waals surface area contributed by atoms with Crippen LogP contribution in [0.5, 0.6) is 5.75 Å². The zero-order valence-corrected chi connectivity index (χ0v) is 11.0. The molecule has 2 nitrogen and oxygen atoms in total. The minimum atomic E-state index is 0.181. The summed E-state index contributed by atoms with van der Waals surface area (Å²) in [6, 6.07) is 4.01. The minimum absolute atomic E-state index is 0.181. The molecule has 0 heterocycles. The number of phenols is 1. The lowest BCUT2D eigenvalue weighted by molar-refractivity contribution is 0.459. The van der Waals surface area contributed by atoms with Crippen LogP contribution in [0.4, 0.5) is 0 Å². The van der Waals surface area contributed by atoms with E-state index in [2.05, 4.69) is 29.8 Å². The second-order valence-electron chi connectivity index (χ2n) is 4.23.